The van der Waals surface area contributed by atoms with Crippen LogP contribution in [0.2, 0.25) is 0 Å². The van der Waals surface area contributed by atoms with E-state index in [1.54, 1.807) is 19.1 Å². The molecule has 224 valence electrons. The van der Waals surface area contributed by atoms with Crippen molar-refractivity contribution in [3.63, 3.8) is 0 Å². The van der Waals surface area contributed by atoms with E-state index in [1.165, 1.54) is 6.92 Å². The van der Waals surface area contributed by atoms with Gasteiger partial charge in [0.25, 0.3) is 0 Å². The van der Waals surface area contributed by atoms with Crippen LogP contribution in [0.4, 0.5) is 0 Å². The molecule has 10 atom stereocenters. The number of carbonyl (C=O) groups is 2. The van der Waals surface area contributed by atoms with Gasteiger partial charge < -0.3 is 29.9 Å². The quantitative estimate of drug-likeness (QED) is 0.123. The number of hydrogen-bond donors (Lipinski definition) is 4. The molecule has 4 N–H and O–H groups in total. The molecule has 0 saturated carbocycles. The maximum atomic E-state index is 12.6. The molecule has 0 fully saturated rings. The van der Waals surface area contributed by atoms with Crippen molar-refractivity contribution >= 4 is 27.9 Å². The maximum Gasteiger partial charge on any atom is 0.309 e. The molecular formula is C30H49BrO8. The Morgan fingerprint density at radius 1 is 1.26 bits per heavy atom. The van der Waals surface area contributed by atoms with Gasteiger partial charge in [0.2, 0.25) is 0 Å². The third kappa shape index (κ3) is 12.3. The monoisotopic (exact) mass is 616 g/mol. The standard InChI is InChI=1S/C30H49BrO8/c1-8-24(34)21(5)28(31)25(35)16-18(2)10-9-11-19(3)29-20(4)12-13-26(38-22(6)32)30(7,37)15-14-23(33)17-27(36)39-29/h9-13,18,20-21,23-26,28-29,33-35,37H,8,14-17H2,1-7H3/b10-9+,13-12+,19-11+. The van der Waals surface area contributed by atoms with Gasteiger partial charge in [-0.2, -0.15) is 0 Å². The topological polar surface area (TPSA) is 134 Å². The van der Waals surface area contributed by atoms with E-state index >= 15 is 0 Å². The van der Waals surface area contributed by atoms with Gasteiger partial charge >= 0.3 is 11.9 Å². The van der Waals surface area contributed by atoms with Crippen LogP contribution >= 0.6 is 15.9 Å². The Morgan fingerprint density at radius 3 is 2.49 bits per heavy atom. The van der Waals surface area contributed by atoms with Crippen LogP contribution in [0.3, 0.4) is 0 Å². The highest BCUT2D eigenvalue weighted by Gasteiger charge is 2.35. The lowest BCUT2D eigenvalue weighted by Gasteiger charge is -2.32. The Bertz CT molecular complexity index is 867. The lowest BCUT2D eigenvalue weighted by molar-refractivity contribution is -0.157. The molecule has 39 heavy (non-hydrogen) atoms. The number of allylic oxidation sites excluding steroid dienone is 3. The summed E-state index contributed by atoms with van der Waals surface area (Å²) in [5, 5.41) is 42.0. The molecule has 1 heterocycles. The fourth-order valence-corrected chi connectivity index (χ4v) is 5.21. The van der Waals surface area contributed by atoms with Crippen molar-refractivity contribution < 1.29 is 39.5 Å². The summed E-state index contributed by atoms with van der Waals surface area (Å²) in [5.41, 5.74) is -0.652. The SMILES string of the molecule is CCC(O)C(C)C(Br)C(O)CC(C)/C=C/C=C(\C)C1OC(=O)CC(O)CCC(C)(O)C(OC(C)=O)/C=C/C1C. The fraction of sp³-hybridized carbons (Fsp3) is 0.733. The van der Waals surface area contributed by atoms with Crippen molar-refractivity contribution in [2.24, 2.45) is 17.8 Å². The average Bonchev–Trinajstić information content (AvgIpc) is 2.85. The molecule has 8 nitrogen and oxygen atoms in total. The Kier molecular flexibility index (Phi) is 15.2. The third-order valence-electron chi connectivity index (χ3n) is 7.37. The predicted octanol–water partition coefficient (Wildman–Crippen LogP) is 4.38. The number of aliphatic hydroxyl groups is 4. The molecule has 0 aromatic rings. The summed E-state index contributed by atoms with van der Waals surface area (Å²) in [6.45, 7) is 12.3. The number of halogens is 1. The lowest BCUT2D eigenvalue weighted by atomic mass is 9.88. The van der Waals surface area contributed by atoms with E-state index in [1.807, 2.05) is 52.8 Å². The maximum absolute atomic E-state index is 12.6. The Balaban J connectivity index is 3.07. The van der Waals surface area contributed by atoms with Crippen molar-refractivity contribution in [1.82, 2.24) is 0 Å². The first-order chi connectivity index (χ1) is 18.1. The molecule has 0 aromatic heterocycles. The van der Waals surface area contributed by atoms with Gasteiger partial charge in [0, 0.05) is 17.7 Å². The Labute approximate surface area is 242 Å². The summed E-state index contributed by atoms with van der Waals surface area (Å²) in [6.07, 6.45) is 6.56. The molecular weight excluding hydrogens is 568 g/mol. The van der Waals surface area contributed by atoms with Crippen molar-refractivity contribution in [1.29, 1.82) is 0 Å². The number of hydrogen-bond acceptors (Lipinski definition) is 8. The largest absolute Gasteiger partial charge is 0.457 e. The molecule has 10 unspecified atom stereocenters. The van der Waals surface area contributed by atoms with Gasteiger partial charge in [0.1, 0.15) is 17.8 Å². The zero-order chi connectivity index (χ0) is 29.9. The van der Waals surface area contributed by atoms with Gasteiger partial charge in [0.05, 0.1) is 24.7 Å². The second-order valence-electron chi connectivity index (χ2n) is 11.3. The molecule has 1 aliphatic rings. The molecule has 0 spiro atoms. The van der Waals surface area contributed by atoms with Crippen molar-refractivity contribution in [3.05, 3.63) is 36.0 Å². The smallest absolute Gasteiger partial charge is 0.309 e. The predicted molar refractivity (Wildman–Crippen MR) is 155 cm³/mol. The van der Waals surface area contributed by atoms with Crippen LogP contribution in [-0.4, -0.2) is 73.3 Å². The van der Waals surface area contributed by atoms with Crippen LogP contribution in [0.5, 0.6) is 0 Å². The first kappa shape index (κ1) is 35.5. The Morgan fingerprint density at radius 2 is 1.90 bits per heavy atom. The van der Waals surface area contributed by atoms with E-state index in [0.29, 0.717) is 12.8 Å². The Hall–Kier alpha value is -1.52. The summed E-state index contributed by atoms with van der Waals surface area (Å²) in [4.78, 5) is 24.0. The van der Waals surface area contributed by atoms with E-state index in [9.17, 15) is 30.0 Å². The van der Waals surface area contributed by atoms with Crippen LogP contribution in [0.25, 0.3) is 0 Å². The number of aliphatic hydroxyl groups excluding tert-OH is 3. The molecule has 1 aliphatic heterocycles. The minimum Gasteiger partial charge on any atom is -0.457 e. The minimum absolute atomic E-state index is 0.0492. The first-order valence-electron chi connectivity index (χ1n) is 13.9. The van der Waals surface area contributed by atoms with Crippen LogP contribution in [0, 0.1) is 17.8 Å². The van der Waals surface area contributed by atoms with Crippen molar-refractivity contribution in [2.45, 2.75) is 122 Å². The van der Waals surface area contributed by atoms with E-state index in [4.69, 9.17) is 9.47 Å². The number of ether oxygens (including phenoxy) is 2. The fourth-order valence-electron chi connectivity index (χ4n) is 4.65. The summed E-state index contributed by atoms with van der Waals surface area (Å²) < 4.78 is 11.1. The molecule has 0 radical (unpaired) electrons. The van der Waals surface area contributed by atoms with Gasteiger partial charge in [0.15, 0.2) is 0 Å². The van der Waals surface area contributed by atoms with E-state index in [0.717, 1.165) is 5.57 Å². The van der Waals surface area contributed by atoms with Crippen LogP contribution < -0.4 is 0 Å². The second kappa shape index (κ2) is 16.7. The molecule has 0 amide bonds. The van der Waals surface area contributed by atoms with E-state index < -0.39 is 48.1 Å². The number of carbonyl (C=O) groups excluding carboxylic acids is 2. The van der Waals surface area contributed by atoms with Crippen molar-refractivity contribution in [3.8, 4) is 0 Å². The zero-order valence-corrected chi connectivity index (χ0v) is 26.0. The van der Waals surface area contributed by atoms with Crippen LogP contribution in [0.1, 0.15) is 80.6 Å². The van der Waals surface area contributed by atoms with Gasteiger partial charge in [-0.1, -0.05) is 67.9 Å². The second-order valence-corrected chi connectivity index (χ2v) is 12.4. The number of rotatable bonds is 10. The average molecular weight is 618 g/mol. The van der Waals surface area contributed by atoms with Crippen molar-refractivity contribution in [2.75, 3.05) is 0 Å². The summed E-state index contributed by atoms with van der Waals surface area (Å²) in [5.74, 6) is -1.42. The zero-order valence-electron chi connectivity index (χ0n) is 24.4. The molecule has 0 aromatic carbocycles. The highest BCUT2D eigenvalue weighted by Crippen LogP contribution is 2.28. The van der Waals surface area contributed by atoms with Crippen LogP contribution in [0.15, 0.2) is 36.0 Å². The number of alkyl halides is 1. The molecule has 9 heteroatoms. The van der Waals surface area contributed by atoms with Gasteiger partial charge in [-0.15, -0.1) is 0 Å². The highest BCUT2D eigenvalue weighted by atomic mass is 79.9. The molecule has 1 rings (SSSR count). The summed E-state index contributed by atoms with van der Waals surface area (Å²) >= 11 is 3.54. The number of esters is 2. The molecule has 0 saturated heterocycles. The summed E-state index contributed by atoms with van der Waals surface area (Å²) in [7, 11) is 0. The van der Waals surface area contributed by atoms with E-state index in [2.05, 4.69) is 15.9 Å². The van der Waals surface area contributed by atoms with E-state index in [-0.39, 0.29) is 41.8 Å². The summed E-state index contributed by atoms with van der Waals surface area (Å²) in [6, 6.07) is 0. The molecule has 0 aliphatic carbocycles. The highest BCUT2D eigenvalue weighted by molar-refractivity contribution is 9.09. The van der Waals surface area contributed by atoms with Gasteiger partial charge in [-0.05, 0) is 63.0 Å². The first-order valence-corrected chi connectivity index (χ1v) is 14.8. The lowest BCUT2D eigenvalue weighted by Crippen LogP contribution is -2.42. The van der Waals surface area contributed by atoms with Gasteiger partial charge in [-0.3, -0.25) is 9.59 Å². The number of cyclic esters (lactones) is 1. The normalized spacial score (nSPS) is 32.2. The van der Waals surface area contributed by atoms with Crippen LogP contribution in [-0.2, 0) is 19.1 Å². The minimum atomic E-state index is -1.42. The third-order valence-corrected chi connectivity index (χ3v) is 8.82. The molecule has 0 bridgehead atoms. The van der Waals surface area contributed by atoms with Gasteiger partial charge in [-0.25, -0.2) is 0 Å².